The Morgan fingerprint density at radius 2 is 2.18 bits per heavy atom. The minimum Gasteiger partial charge on any atom is -0.476 e. The largest absolute Gasteiger partial charge is 0.476 e. The van der Waals surface area contributed by atoms with Crippen LogP contribution in [0.3, 0.4) is 0 Å². The Kier molecular flexibility index (Phi) is 5.60. The first-order chi connectivity index (χ1) is 10.6. The average Bonchev–Trinajstić information content (AvgIpc) is 3.01. The number of benzene rings is 1. The number of carboxylic acids is 1. The smallest absolute Gasteiger partial charge is 0.356 e. The summed E-state index contributed by atoms with van der Waals surface area (Å²) in [6.07, 6.45) is 4.06. The molecule has 22 heavy (non-hydrogen) atoms. The SMILES string of the molecule is CSCCC(=O)NCc1cccc(-n2ccc(C(=O)O)n2)c1. The molecule has 2 rings (SSSR count). The predicted molar refractivity (Wildman–Crippen MR) is 85.4 cm³/mol. The summed E-state index contributed by atoms with van der Waals surface area (Å²) in [5.74, 6) is -0.236. The van der Waals surface area contributed by atoms with E-state index in [1.807, 2.05) is 30.5 Å². The summed E-state index contributed by atoms with van der Waals surface area (Å²) < 4.78 is 1.50. The maximum absolute atomic E-state index is 11.6. The number of aromatic nitrogens is 2. The third-order valence-corrected chi connectivity index (χ3v) is 3.62. The van der Waals surface area contributed by atoms with Gasteiger partial charge in [-0.25, -0.2) is 9.48 Å². The highest BCUT2D eigenvalue weighted by Crippen LogP contribution is 2.11. The molecule has 0 bridgehead atoms. The van der Waals surface area contributed by atoms with Crippen LogP contribution in [0, 0.1) is 0 Å². The van der Waals surface area contributed by atoms with E-state index in [0.29, 0.717) is 13.0 Å². The van der Waals surface area contributed by atoms with E-state index in [4.69, 9.17) is 5.11 Å². The number of aromatic carboxylic acids is 1. The lowest BCUT2D eigenvalue weighted by atomic mass is 10.2. The van der Waals surface area contributed by atoms with Gasteiger partial charge in [0.1, 0.15) is 0 Å². The Morgan fingerprint density at radius 3 is 2.86 bits per heavy atom. The highest BCUT2D eigenvalue weighted by Gasteiger charge is 2.08. The first-order valence-electron chi connectivity index (χ1n) is 6.74. The number of hydrogen-bond acceptors (Lipinski definition) is 4. The zero-order valence-corrected chi connectivity index (χ0v) is 13.0. The summed E-state index contributed by atoms with van der Waals surface area (Å²) in [5, 5.41) is 15.7. The van der Waals surface area contributed by atoms with Crippen molar-refractivity contribution >= 4 is 23.6 Å². The minimum atomic E-state index is -1.06. The van der Waals surface area contributed by atoms with E-state index >= 15 is 0 Å². The van der Waals surface area contributed by atoms with Crippen LogP contribution in [0.4, 0.5) is 0 Å². The van der Waals surface area contributed by atoms with Crippen molar-refractivity contribution in [2.75, 3.05) is 12.0 Å². The molecule has 0 atom stereocenters. The molecule has 0 aliphatic heterocycles. The average molecular weight is 319 g/mol. The van der Waals surface area contributed by atoms with E-state index < -0.39 is 5.97 Å². The van der Waals surface area contributed by atoms with Gasteiger partial charge in [0.25, 0.3) is 0 Å². The van der Waals surface area contributed by atoms with Gasteiger partial charge in [0.15, 0.2) is 5.69 Å². The van der Waals surface area contributed by atoms with Crippen LogP contribution in [-0.2, 0) is 11.3 Å². The molecule has 0 aliphatic rings. The molecule has 7 heteroatoms. The highest BCUT2D eigenvalue weighted by atomic mass is 32.2. The standard InChI is InChI=1S/C15H17N3O3S/c1-22-8-6-14(19)16-10-11-3-2-4-12(9-11)18-7-5-13(17-18)15(20)21/h2-5,7,9H,6,8,10H2,1H3,(H,16,19)(H,20,21). The van der Waals surface area contributed by atoms with Gasteiger partial charge in [-0.3, -0.25) is 4.79 Å². The Balaban J connectivity index is 2.03. The van der Waals surface area contributed by atoms with Crippen LogP contribution in [0.1, 0.15) is 22.5 Å². The fourth-order valence-corrected chi connectivity index (χ4v) is 2.26. The van der Waals surface area contributed by atoms with E-state index in [2.05, 4.69) is 10.4 Å². The Labute approximate surface area is 132 Å². The molecule has 116 valence electrons. The summed E-state index contributed by atoms with van der Waals surface area (Å²) in [6, 6.07) is 8.89. The quantitative estimate of drug-likeness (QED) is 0.815. The lowest BCUT2D eigenvalue weighted by Crippen LogP contribution is -2.23. The minimum absolute atomic E-state index is 0.00392. The van der Waals surface area contributed by atoms with Crippen LogP contribution in [0.15, 0.2) is 36.5 Å². The second-order valence-electron chi connectivity index (χ2n) is 4.64. The summed E-state index contributed by atoms with van der Waals surface area (Å²) in [4.78, 5) is 22.5. The summed E-state index contributed by atoms with van der Waals surface area (Å²) >= 11 is 1.64. The van der Waals surface area contributed by atoms with Gasteiger partial charge in [-0.05, 0) is 30.0 Å². The lowest BCUT2D eigenvalue weighted by molar-refractivity contribution is -0.120. The fraction of sp³-hybridized carbons (Fsp3) is 0.267. The van der Waals surface area contributed by atoms with Gasteiger partial charge in [0.05, 0.1) is 5.69 Å². The number of carbonyl (C=O) groups excluding carboxylic acids is 1. The van der Waals surface area contributed by atoms with Crippen LogP contribution in [0.2, 0.25) is 0 Å². The fourth-order valence-electron chi connectivity index (χ4n) is 1.87. The zero-order valence-electron chi connectivity index (χ0n) is 12.2. The molecule has 1 aromatic heterocycles. The number of nitrogens with one attached hydrogen (secondary N) is 1. The Bertz CT molecular complexity index is 670. The number of nitrogens with zero attached hydrogens (tertiary/aromatic N) is 2. The van der Waals surface area contributed by atoms with Crippen LogP contribution >= 0.6 is 11.8 Å². The maximum atomic E-state index is 11.6. The first-order valence-corrected chi connectivity index (χ1v) is 8.13. The maximum Gasteiger partial charge on any atom is 0.356 e. The number of rotatable bonds is 7. The van der Waals surface area contributed by atoms with Crippen LogP contribution in [0.5, 0.6) is 0 Å². The highest BCUT2D eigenvalue weighted by molar-refractivity contribution is 7.98. The number of hydrogen-bond donors (Lipinski definition) is 2. The third kappa shape index (κ3) is 4.36. The molecule has 2 aromatic rings. The van der Waals surface area contributed by atoms with Crippen molar-refractivity contribution in [3.63, 3.8) is 0 Å². The van der Waals surface area contributed by atoms with E-state index in [1.54, 1.807) is 18.0 Å². The molecule has 2 N–H and O–H groups in total. The summed E-state index contributed by atoms with van der Waals surface area (Å²) in [7, 11) is 0. The van der Waals surface area contributed by atoms with Crippen molar-refractivity contribution < 1.29 is 14.7 Å². The molecule has 0 radical (unpaired) electrons. The molecule has 0 fully saturated rings. The molecule has 1 amide bonds. The van der Waals surface area contributed by atoms with Crippen molar-refractivity contribution in [3.8, 4) is 5.69 Å². The second kappa shape index (κ2) is 7.65. The van der Waals surface area contributed by atoms with Gasteiger partial charge in [-0.15, -0.1) is 0 Å². The van der Waals surface area contributed by atoms with Crippen LogP contribution < -0.4 is 5.32 Å². The zero-order chi connectivity index (χ0) is 15.9. The summed E-state index contributed by atoms with van der Waals surface area (Å²) in [5.41, 5.74) is 1.68. The molecule has 0 spiro atoms. The van der Waals surface area contributed by atoms with Gasteiger partial charge in [-0.1, -0.05) is 12.1 Å². The van der Waals surface area contributed by atoms with Crippen molar-refractivity contribution in [2.24, 2.45) is 0 Å². The monoisotopic (exact) mass is 319 g/mol. The molecule has 0 saturated carbocycles. The number of thioether (sulfide) groups is 1. The van der Waals surface area contributed by atoms with Crippen molar-refractivity contribution in [1.29, 1.82) is 0 Å². The Morgan fingerprint density at radius 1 is 1.36 bits per heavy atom. The molecular weight excluding hydrogens is 302 g/mol. The second-order valence-corrected chi connectivity index (χ2v) is 5.63. The van der Waals surface area contributed by atoms with Crippen LogP contribution in [0.25, 0.3) is 5.69 Å². The van der Waals surface area contributed by atoms with Gasteiger partial charge in [0.2, 0.25) is 5.91 Å². The molecule has 0 aliphatic carbocycles. The van der Waals surface area contributed by atoms with Gasteiger partial charge in [0, 0.05) is 24.9 Å². The summed E-state index contributed by atoms with van der Waals surface area (Å²) in [6.45, 7) is 0.439. The molecule has 0 unspecified atom stereocenters. The van der Waals surface area contributed by atoms with E-state index in [9.17, 15) is 9.59 Å². The first kappa shape index (κ1) is 16.1. The van der Waals surface area contributed by atoms with Crippen molar-refractivity contribution in [3.05, 3.63) is 47.8 Å². The van der Waals surface area contributed by atoms with Crippen molar-refractivity contribution in [1.82, 2.24) is 15.1 Å². The van der Waals surface area contributed by atoms with Gasteiger partial charge < -0.3 is 10.4 Å². The number of carboxylic acid groups (broad SMARTS) is 1. The number of carbonyl (C=O) groups is 2. The third-order valence-electron chi connectivity index (χ3n) is 3.01. The topological polar surface area (TPSA) is 84.2 Å². The molecule has 6 nitrogen and oxygen atoms in total. The molecule has 0 saturated heterocycles. The Hall–Kier alpha value is -2.28. The van der Waals surface area contributed by atoms with Gasteiger partial charge >= 0.3 is 5.97 Å². The number of amides is 1. The lowest BCUT2D eigenvalue weighted by Gasteiger charge is -2.07. The van der Waals surface area contributed by atoms with E-state index in [-0.39, 0.29) is 11.6 Å². The van der Waals surface area contributed by atoms with E-state index in [0.717, 1.165) is 17.0 Å². The molecule has 1 aromatic carbocycles. The van der Waals surface area contributed by atoms with Crippen molar-refractivity contribution in [2.45, 2.75) is 13.0 Å². The normalized spacial score (nSPS) is 10.4. The van der Waals surface area contributed by atoms with Crippen LogP contribution in [-0.4, -0.2) is 38.8 Å². The molecule has 1 heterocycles. The predicted octanol–water partition coefficient (Wildman–Crippen LogP) is 1.94. The van der Waals surface area contributed by atoms with Gasteiger partial charge in [-0.2, -0.15) is 16.9 Å². The molecular formula is C15H17N3O3S. The van der Waals surface area contributed by atoms with E-state index in [1.165, 1.54) is 10.7 Å².